The Morgan fingerprint density at radius 1 is 1.55 bits per heavy atom. The van der Waals surface area contributed by atoms with E-state index in [4.69, 9.17) is 0 Å². The van der Waals surface area contributed by atoms with Crippen LogP contribution in [-0.2, 0) is 16.4 Å². The summed E-state index contributed by atoms with van der Waals surface area (Å²) in [5.74, 6) is 0.698. The van der Waals surface area contributed by atoms with Crippen molar-refractivity contribution in [2.45, 2.75) is 31.7 Å². The van der Waals surface area contributed by atoms with Gasteiger partial charge in [-0.25, -0.2) is 13.4 Å². The number of nitrogens with one attached hydrogen (secondary N) is 1. The molecule has 0 spiro atoms. The van der Waals surface area contributed by atoms with Crippen LogP contribution in [0.4, 0.5) is 0 Å². The van der Waals surface area contributed by atoms with E-state index in [1.807, 2.05) is 6.92 Å². The minimum Gasteiger partial charge on any atom is -0.332 e. The number of nitrogens with zero attached hydrogens (tertiary/aromatic N) is 3. The number of imidazole rings is 1. The lowest BCUT2D eigenvalue weighted by Crippen LogP contribution is -2.38. The first kappa shape index (κ1) is 15.5. The van der Waals surface area contributed by atoms with Crippen molar-refractivity contribution >= 4 is 10.0 Å². The van der Waals surface area contributed by atoms with Crippen molar-refractivity contribution in [3.63, 3.8) is 0 Å². The highest BCUT2D eigenvalue weighted by molar-refractivity contribution is 7.89. The van der Waals surface area contributed by atoms with E-state index in [2.05, 4.69) is 28.8 Å². The van der Waals surface area contributed by atoms with Crippen LogP contribution < -0.4 is 0 Å². The van der Waals surface area contributed by atoms with E-state index in [0.717, 1.165) is 19.5 Å². The number of hydrogen-bond donors (Lipinski definition) is 1. The predicted octanol–water partition coefficient (Wildman–Crippen LogP) is 0.934. The Hall–Kier alpha value is -0.920. The first-order valence-electron chi connectivity index (χ1n) is 6.95. The van der Waals surface area contributed by atoms with E-state index in [0.29, 0.717) is 18.8 Å². The van der Waals surface area contributed by atoms with Gasteiger partial charge in [-0.05, 0) is 25.4 Å². The van der Waals surface area contributed by atoms with Crippen molar-refractivity contribution < 1.29 is 8.42 Å². The third-order valence-corrected chi connectivity index (χ3v) is 5.69. The van der Waals surface area contributed by atoms with E-state index in [1.165, 1.54) is 10.5 Å². The van der Waals surface area contributed by atoms with E-state index in [1.54, 1.807) is 7.05 Å². The summed E-state index contributed by atoms with van der Waals surface area (Å²) < 4.78 is 26.5. The fourth-order valence-electron chi connectivity index (χ4n) is 2.84. The molecule has 1 aromatic rings. The van der Waals surface area contributed by atoms with Crippen LogP contribution in [0.2, 0.25) is 0 Å². The molecular weight excluding hydrogens is 276 g/mol. The second kappa shape index (κ2) is 5.46. The number of hydrogen-bond acceptors (Lipinski definition) is 4. The zero-order valence-corrected chi connectivity index (χ0v) is 13.5. The number of sulfonamides is 1. The van der Waals surface area contributed by atoms with Gasteiger partial charge in [0.05, 0.1) is 6.20 Å². The van der Waals surface area contributed by atoms with Crippen LogP contribution in [0.3, 0.4) is 0 Å². The maximum Gasteiger partial charge on any atom is 0.259 e. The second-order valence-electron chi connectivity index (χ2n) is 6.11. The smallest absolute Gasteiger partial charge is 0.259 e. The van der Waals surface area contributed by atoms with Gasteiger partial charge in [-0.1, -0.05) is 13.8 Å². The fourth-order valence-corrected chi connectivity index (χ4v) is 4.09. The van der Waals surface area contributed by atoms with Gasteiger partial charge in [-0.15, -0.1) is 0 Å². The molecule has 1 aliphatic heterocycles. The molecule has 0 aliphatic carbocycles. The van der Waals surface area contributed by atoms with Crippen LogP contribution in [0.5, 0.6) is 0 Å². The van der Waals surface area contributed by atoms with Crippen LogP contribution in [-0.4, -0.2) is 61.3 Å². The quantitative estimate of drug-likeness (QED) is 0.878. The summed E-state index contributed by atoms with van der Waals surface area (Å²) in [6, 6.07) is 0. The zero-order valence-electron chi connectivity index (χ0n) is 12.7. The van der Waals surface area contributed by atoms with Gasteiger partial charge in [0.1, 0.15) is 5.82 Å². The van der Waals surface area contributed by atoms with Gasteiger partial charge in [0.15, 0.2) is 5.03 Å². The standard InChI is InChI=1S/C13H24N4O2S/c1-5-11-14-8-12(15-11)20(18,19)17(4)10-13(2)6-7-16(3)9-13/h8H,5-7,9-10H2,1-4H3,(H,14,15). The van der Waals surface area contributed by atoms with Crippen molar-refractivity contribution in [3.8, 4) is 0 Å². The molecule has 1 fully saturated rings. The molecule has 1 N–H and O–H groups in total. The number of aromatic nitrogens is 2. The largest absolute Gasteiger partial charge is 0.332 e. The molecule has 1 saturated heterocycles. The summed E-state index contributed by atoms with van der Waals surface area (Å²) in [5.41, 5.74) is 0.0180. The molecule has 114 valence electrons. The van der Waals surface area contributed by atoms with Crippen molar-refractivity contribution in [2.75, 3.05) is 33.7 Å². The molecule has 2 rings (SSSR count). The lowest BCUT2D eigenvalue weighted by Gasteiger charge is -2.28. The average Bonchev–Trinajstić information content (AvgIpc) is 2.96. The molecular formula is C13H24N4O2S. The molecule has 20 heavy (non-hydrogen) atoms. The van der Waals surface area contributed by atoms with Gasteiger partial charge in [0.25, 0.3) is 10.0 Å². The number of rotatable bonds is 5. The van der Waals surface area contributed by atoms with Gasteiger partial charge in [0.2, 0.25) is 0 Å². The molecule has 0 saturated carbocycles. The fraction of sp³-hybridized carbons (Fsp3) is 0.769. The van der Waals surface area contributed by atoms with Crippen molar-refractivity contribution in [1.29, 1.82) is 0 Å². The van der Waals surface area contributed by atoms with Gasteiger partial charge >= 0.3 is 0 Å². The normalized spacial score (nSPS) is 24.6. The van der Waals surface area contributed by atoms with Crippen molar-refractivity contribution in [3.05, 3.63) is 12.0 Å². The Morgan fingerprint density at radius 2 is 2.25 bits per heavy atom. The summed E-state index contributed by atoms with van der Waals surface area (Å²) in [4.78, 5) is 9.20. The summed E-state index contributed by atoms with van der Waals surface area (Å²) >= 11 is 0. The Morgan fingerprint density at radius 3 is 2.75 bits per heavy atom. The number of aryl methyl sites for hydroxylation is 1. The van der Waals surface area contributed by atoms with Crippen molar-refractivity contribution in [1.82, 2.24) is 19.2 Å². The molecule has 1 atom stereocenters. The lowest BCUT2D eigenvalue weighted by molar-refractivity contribution is 0.255. The van der Waals surface area contributed by atoms with E-state index in [-0.39, 0.29) is 10.4 Å². The topological polar surface area (TPSA) is 69.3 Å². The van der Waals surface area contributed by atoms with Crippen LogP contribution in [0.25, 0.3) is 0 Å². The van der Waals surface area contributed by atoms with Gasteiger partial charge < -0.3 is 9.88 Å². The highest BCUT2D eigenvalue weighted by Gasteiger charge is 2.36. The SMILES string of the molecule is CCc1ncc(S(=O)(=O)N(C)CC2(C)CCN(C)C2)[nH]1. The van der Waals surface area contributed by atoms with Crippen LogP contribution in [0.15, 0.2) is 11.2 Å². The van der Waals surface area contributed by atoms with Crippen LogP contribution in [0.1, 0.15) is 26.1 Å². The van der Waals surface area contributed by atoms with Crippen molar-refractivity contribution in [2.24, 2.45) is 5.41 Å². The molecule has 0 amide bonds. The molecule has 6 nitrogen and oxygen atoms in total. The number of likely N-dealkylation sites (tertiary alicyclic amines) is 1. The predicted molar refractivity (Wildman–Crippen MR) is 78.0 cm³/mol. The van der Waals surface area contributed by atoms with Gasteiger partial charge in [-0.3, -0.25) is 0 Å². The maximum absolute atomic E-state index is 12.5. The summed E-state index contributed by atoms with van der Waals surface area (Å²) in [5, 5.41) is 0.187. The molecule has 7 heteroatoms. The molecule has 0 radical (unpaired) electrons. The Kier molecular flexibility index (Phi) is 4.22. The Labute approximate surface area is 121 Å². The number of aromatic amines is 1. The van der Waals surface area contributed by atoms with E-state index >= 15 is 0 Å². The summed E-state index contributed by atoms with van der Waals surface area (Å²) in [6.45, 7) is 6.56. The summed E-state index contributed by atoms with van der Waals surface area (Å²) in [6.07, 6.45) is 3.13. The van der Waals surface area contributed by atoms with E-state index in [9.17, 15) is 8.42 Å². The molecule has 2 heterocycles. The molecule has 0 aromatic carbocycles. The highest BCUT2D eigenvalue weighted by Crippen LogP contribution is 2.31. The second-order valence-corrected chi connectivity index (χ2v) is 8.12. The third-order valence-electron chi connectivity index (χ3n) is 3.98. The Bertz CT molecular complexity index is 569. The molecule has 1 unspecified atom stereocenters. The van der Waals surface area contributed by atoms with Gasteiger partial charge in [0, 0.05) is 26.6 Å². The Balaban J connectivity index is 2.13. The minimum atomic E-state index is -3.47. The van der Waals surface area contributed by atoms with E-state index < -0.39 is 10.0 Å². The molecule has 1 aromatic heterocycles. The highest BCUT2D eigenvalue weighted by atomic mass is 32.2. The lowest BCUT2D eigenvalue weighted by atomic mass is 9.90. The molecule has 1 aliphatic rings. The maximum atomic E-state index is 12.5. The average molecular weight is 300 g/mol. The zero-order chi connectivity index (χ0) is 15.0. The minimum absolute atomic E-state index is 0.0180. The monoisotopic (exact) mass is 300 g/mol. The molecule has 0 bridgehead atoms. The third kappa shape index (κ3) is 3.05. The summed E-state index contributed by atoms with van der Waals surface area (Å²) in [7, 11) is 0.241. The number of H-pyrrole nitrogens is 1. The van der Waals surface area contributed by atoms with Gasteiger partial charge in [-0.2, -0.15) is 4.31 Å². The first-order valence-corrected chi connectivity index (χ1v) is 8.40. The van der Waals surface area contributed by atoms with Crippen LogP contribution >= 0.6 is 0 Å². The van der Waals surface area contributed by atoms with Crippen LogP contribution in [0, 0.1) is 5.41 Å². The first-order chi connectivity index (χ1) is 9.27.